The summed E-state index contributed by atoms with van der Waals surface area (Å²) in [6.45, 7) is 1.71. The van der Waals surface area contributed by atoms with Crippen LogP contribution in [0.15, 0.2) is 42.5 Å². The first-order valence-electron chi connectivity index (χ1n) is 6.63. The Balaban J connectivity index is 1.96. The molecule has 0 unspecified atom stereocenters. The van der Waals surface area contributed by atoms with Crippen molar-refractivity contribution in [3.05, 3.63) is 64.7 Å². The molecule has 0 amide bonds. The summed E-state index contributed by atoms with van der Waals surface area (Å²) in [5.41, 5.74) is 4.71. The Kier molecular flexibility index (Phi) is 3.22. The molecule has 20 heavy (non-hydrogen) atoms. The van der Waals surface area contributed by atoms with Gasteiger partial charge in [0.05, 0.1) is 11.3 Å². The molecule has 1 aliphatic heterocycles. The maximum absolute atomic E-state index is 10.8. The number of carbonyl (C=O) groups excluding carboxylic acids is 1. The lowest BCUT2D eigenvalue weighted by atomic mass is 9.98. The van der Waals surface area contributed by atoms with Gasteiger partial charge in [-0.2, -0.15) is 5.26 Å². The number of fused-ring (bicyclic) bond motifs is 1. The fourth-order valence-electron chi connectivity index (χ4n) is 2.69. The van der Waals surface area contributed by atoms with Crippen LogP contribution in [0.4, 0.5) is 5.69 Å². The van der Waals surface area contributed by atoms with Gasteiger partial charge in [-0.3, -0.25) is 4.79 Å². The molecule has 3 nitrogen and oxygen atoms in total. The van der Waals surface area contributed by atoms with Crippen LogP contribution in [0.1, 0.15) is 27.0 Å². The van der Waals surface area contributed by atoms with E-state index in [0.717, 1.165) is 31.5 Å². The average molecular weight is 262 g/mol. The van der Waals surface area contributed by atoms with Gasteiger partial charge < -0.3 is 4.90 Å². The molecule has 0 spiro atoms. The van der Waals surface area contributed by atoms with Gasteiger partial charge in [0.2, 0.25) is 0 Å². The van der Waals surface area contributed by atoms with Crippen molar-refractivity contribution in [1.29, 1.82) is 5.26 Å². The molecule has 0 aliphatic carbocycles. The average Bonchev–Trinajstić information content (AvgIpc) is 2.53. The molecule has 1 heterocycles. The van der Waals surface area contributed by atoms with Crippen molar-refractivity contribution in [2.75, 3.05) is 11.4 Å². The zero-order valence-corrected chi connectivity index (χ0v) is 11.0. The van der Waals surface area contributed by atoms with Crippen LogP contribution in [0.2, 0.25) is 0 Å². The van der Waals surface area contributed by atoms with E-state index < -0.39 is 0 Å². The SMILES string of the molecule is N#Cc1cc(C=O)ccc1N1CCc2ccccc2C1. The van der Waals surface area contributed by atoms with Gasteiger partial charge in [-0.1, -0.05) is 24.3 Å². The molecule has 2 aromatic rings. The Morgan fingerprint density at radius 3 is 2.70 bits per heavy atom. The first-order valence-corrected chi connectivity index (χ1v) is 6.63. The standard InChI is InChI=1S/C17H14N2O/c18-10-16-9-13(12-20)5-6-17(16)19-8-7-14-3-1-2-4-15(14)11-19/h1-6,9,12H,7-8,11H2. The highest BCUT2D eigenvalue weighted by Gasteiger charge is 2.18. The molecule has 0 saturated carbocycles. The molecule has 0 radical (unpaired) electrons. The van der Waals surface area contributed by atoms with Crippen LogP contribution < -0.4 is 4.90 Å². The molecule has 0 fully saturated rings. The van der Waals surface area contributed by atoms with Gasteiger partial charge in [0.25, 0.3) is 0 Å². The van der Waals surface area contributed by atoms with Gasteiger partial charge in [-0.15, -0.1) is 0 Å². The molecule has 1 aliphatic rings. The molecule has 0 saturated heterocycles. The molecule has 3 heteroatoms. The molecule has 0 bridgehead atoms. The minimum absolute atomic E-state index is 0.544. The summed E-state index contributed by atoms with van der Waals surface area (Å²) in [5.74, 6) is 0. The largest absolute Gasteiger partial charge is 0.366 e. The minimum Gasteiger partial charge on any atom is -0.366 e. The lowest BCUT2D eigenvalue weighted by Crippen LogP contribution is -2.30. The zero-order chi connectivity index (χ0) is 13.9. The van der Waals surface area contributed by atoms with Crippen LogP contribution in [0.25, 0.3) is 0 Å². The van der Waals surface area contributed by atoms with E-state index >= 15 is 0 Å². The minimum atomic E-state index is 0.544. The normalized spacial score (nSPS) is 13.4. The predicted octanol–water partition coefficient (Wildman–Crippen LogP) is 2.93. The quantitative estimate of drug-likeness (QED) is 0.782. The van der Waals surface area contributed by atoms with E-state index in [0.29, 0.717) is 11.1 Å². The van der Waals surface area contributed by atoms with Crippen LogP contribution in [0.5, 0.6) is 0 Å². The fourth-order valence-corrected chi connectivity index (χ4v) is 2.69. The number of carbonyl (C=O) groups is 1. The number of benzene rings is 2. The highest BCUT2D eigenvalue weighted by Crippen LogP contribution is 2.27. The van der Waals surface area contributed by atoms with Crippen molar-refractivity contribution in [1.82, 2.24) is 0 Å². The Bertz CT molecular complexity index is 700. The smallest absolute Gasteiger partial charge is 0.150 e. The second-order valence-corrected chi connectivity index (χ2v) is 4.95. The Hall–Kier alpha value is -2.60. The number of hydrogen-bond donors (Lipinski definition) is 0. The molecular formula is C17H14N2O. The fraction of sp³-hybridized carbons (Fsp3) is 0.176. The zero-order valence-electron chi connectivity index (χ0n) is 11.0. The van der Waals surface area contributed by atoms with E-state index in [-0.39, 0.29) is 0 Å². The number of anilines is 1. The van der Waals surface area contributed by atoms with E-state index in [1.54, 1.807) is 12.1 Å². The highest BCUT2D eigenvalue weighted by molar-refractivity contribution is 5.78. The summed E-state index contributed by atoms with van der Waals surface area (Å²) < 4.78 is 0. The summed E-state index contributed by atoms with van der Waals surface area (Å²) in [7, 11) is 0. The van der Waals surface area contributed by atoms with Gasteiger partial charge in [-0.05, 0) is 35.7 Å². The van der Waals surface area contributed by atoms with E-state index in [4.69, 9.17) is 0 Å². The van der Waals surface area contributed by atoms with E-state index in [9.17, 15) is 10.1 Å². The van der Waals surface area contributed by atoms with E-state index in [1.165, 1.54) is 11.1 Å². The van der Waals surface area contributed by atoms with Gasteiger partial charge in [-0.25, -0.2) is 0 Å². The lowest BCUT2D eigenvalue weighted by Gasteiger charge is -2.31. The van der Waals surface area contributed by atoms with Gasteiger partial charge >= 0.3 is 0 Å². The molecule has 3 rings (SSSR count). The van der Waals surface area contributed by atoms with Crippen molar-refractivity contribution in [2.24, 2.45) is 0 Å². The number of nitriles is 1. The topological polar surface area (TPSA) is 44.1 Å². The summed E-state index contributed by atoms with van der Waals surface area (Å²) in [6.07, 6.45) is 1.76. The lowest BCUT2D eigenvalue weighted by molar-refractivity contribution is 0.112. The monoisotopic (exact) mass is 262 g/mol. The van der Waals surface area contributed by atoms with Crippen molar-refractivity contribution >= 4 is 12.0 Å². The molecule has 0 atom stereocenters. The predicted molar refractivity (Wildman–Crippen MR) is 77.7 cm³/mol. The first-order chi connectivity index (χ1) is 9.81. The van der Waals surface area contributed by atoms with Crippen LogP contribution in [-0.2, 0) is 13.0 Å². The molecule has 0 N–H and O–H groups in total. The van der Waals surface area contributed by atoms with Crippen LogP contribution in [-0.4, -0.2) is 12.8 Å². The van der Waals surface area contributed by atoms with Gasteiger partial charge in [0, 0.05) is 18.7 Å². The summed E-state index contributed by atoms with van der Waals surface area (Å²) in [5, 5.41) is 9.27. The maximum atomic E-state index is 10.8. The first kappa shape index (κ1) is 12.4. The Morgan fingerprint density at radius 2 is 1.95 bits per heavy atom. The maximum Gasteiger partial charge on any atom is 0.150 e. The third-order valence-electron chi connectivity index (χ3n) is 3.75. The highest BCUT2D eigenvalue weighted by atomic mass is 16.1. The van der Waals surface area contributed by atoms with Crippen LogP contribution >= 0.6 is 0 Å². The molecule has 2 aromatic carbocycles. The second kappa shape index (κ2) is 5.18. The van der Waals surface area contributed by atoms with Crippen LogP contribution in [0.3, 0.4) is 0 Å². The number of nitrogens with zero attached hydrogens (tertiary/aromatic N) is 2. The Labute approximate surface area is 118 Å². The van der Waals surface area contributed by atoms with Gasteiger partial charge in [0.15, 0.2) is 0 Å². The number of aldehydes is 1. The third kappa shape index (κ3) is 2.17. The summed E-state index contributed by atoms with van der Waals surface area (Å²) in [6, 6.07) is 15.9. The van der Waals surface area contributed by atoms with Crippen LogP contribution in [0, 0.1) is 11.3 Å². The third-order valence-corrected chi connectivity index (χ3v) is 3.75. The van der Waals surface area contributed by atoms with E-state index in [2.05, 4.69) is 29.2 Å². The van der Waals surface area contributed by atoms with Crippen molar-refractivity contribution in [3.8, 4) is 6.07 Å². The second-order valence-electron chi connectivity index (χ2n) is 4.95. The molecule has 98 valence electrons. The van der Waals surface area contributed by atoms with Crippen molar-refractivity contribution in [2.45, 2.75) is 13.0 Å². The number of rotatable bonds is 2. The van der Waals surface area contributed by atoms with Crippen molar-refractivity contribution < 1.29 is 4.79 Å². The summed E-state index contributed by atoms with van der Waals surface area (Å²) >= 11 is 0. The van der Waals surface area contributed by atoms with Gasteiger partial charge in [0.1, 0.15) is 12.4 Å². The molecule has 0 aromatic heterocycles. The van der Waals surface area contributed by atoms with E-state index in [1.807, 2.05) is 12.1 Å². The molecular weight excluding hydrogens is 248 g/mol. The Morgan fingerprint density at radius 1 is 1.15 bits per heavy atom. The van der Waals surface area contributed by atoms with Crippen molar-refractivity contribution in [3.63, 3.8) is 0 Å². The number of hydrogen-bond acceptors (Lipinski definition) is 3. The summed E-state index contributed by atoms with van der Waals surface area (Å²) in [4.78, 5) is 13.0.